The summed E-state index contributed by atoms with van der Waals surface area (Å²) in [5.74, 6) is 0.403. The Hall–Kier alpha value is -1.16. The molecule has 0 aromatic carbocycles. The third-order valence-corrected chi connectivity index (χ3v) is 3.31. The van der Waals surface area contributed by atoms with E-state index in [1.807, 2.05) is 0 Å². The number of nitrogens with two attached hydrogens (primary N) is 1. The molecule has 1 heterocycles. The Morgan fingerprint density at radius 2 is 2.19 bits per heavy atom. The van der Waals surface area contributed by atoms with Crippen molar-refractivity contribution in [2.75, 3.05) is 6.54 Å². The first-order chi connectivity index (χ1) is 7.83. The molecule has 4 heteroatoms. The lowest BCUT2D eigenvalue weighted by molar-refractivity contribution is 0.0798. The molecule has 0 radical (unpaired) electrons. The highest BCUT2D eigenvalue weighted by Crippen LogP contribution is 2.25. The molecule has 88 valence electrons. The van der Waals surface area contributed by atoms with Gasteiger partial charge in [-0.1, -0.05) is 19.3 Å². The van der Waals surface area contributed by atoms with Gasteiger partial charge in [0.2, 0.25) is 5.91 Å². The maximum absolute atomic E-state index is 12.2. The molecule has 2 rings (SSSR count). The number of carbonyl (C=O) groups excluding carboxylic acids is 1. The van der Waals surface area contributed by atoms with Crippen LogP contribution in [0.25, 0.3) is 0 Å². The van der Waals surface area contributed by atoms with E-state index in [0.29, 0.717) is 6.54 Å². The fourth-order valence-electron chi connectivity index (χ4n) is 2.40. The summed E-state index contributed by atoms with van der Waals surface area (Å²) >= 11 is 0. The average molecular weight is 221 g/mol. The van der Waals surface area contributed by atoms with Gasteiger partial charge in [0.1, 0.15) is 6.33 Å². The van der Waals surface area contributed by atoms with E-state index in [-0.39, 0.29) is 11.8 Å². The van der Waals surface area contributed by atoms with E-state index in [9.17, 15) is 4.79 Å². The summed E-state index contributed by atoms with van der Waals surface area (Å²) in [5, 5.41) is 0. The highest BCUT2D eigenvalue weighted by atomic mass is 16.2. The summed E-state index contributed by atoms with van der Waals surface area (Å²) < 4.78 is 1.70. The van der Waals surface area contributed by atoms with Crippen LogP contribution in [0.15, 0.2) is 12.5 Å². The first-order valence-electron chi connectivity index (χ1n) is 6.08. The van der Waals surface area contributed by atoms with Gasteiger partial charge < -0.3 is 5.73 Å². The Kier molecular flexibility index (Phi) is 3.72. The minimum atomic E-state index is 0.194. The van der Waals surface area contributed by atoms with Crippen LogP contribution < -0.4 is 5.73 Å². The van der Waals surface area contributed by atoms with Crippen LogP contribution in [-0.4, -0.2) is 22.0 Å². The molecular weight excluding hydrogens is 202 g/mol. The number of carbonyl (C=O) groups is 1. The standard InChI is InChI=1S/C12H19N3O/c13-7-6-11-8-14-9-15(11)12(16)10-4-2-1-3-5-10/h8-10H,1-7,13H2. The zero-order valence-corrected chi connectivity index (χ0v) is 9.56. The molecule has 0 atom stereocenters. The van der Waals surface area contributed by atoms with Crippen LogP contribution in [0.3, 0.4) is 0 Å². The van der Waals surface area contributed by atoms with Crippen molar-refractivity contribution < 1.29 is 4.79 Å². The minimum absolute atomic E-state index is 0.194. The lowest BCUT2D eigenvalue weighted by atomic mass is 9.88. The van der Waals surface area contributed by atoms with Crippen LogP contribution in [0.4, 0.5) is 0 Å². The van der Waals surface area contributed by atoms with E-state index in [1.165, 1.54) is 19.3 Å². The van der Waals surface area contributed by atoms with Crippen LogP contribution in [0.1, 0.15) is 42.6 Å². The van der Waals surface area contributed by atoms with Crippen molar-refractivity contribution in [1.29, 1.82) is 0 Å². The second-order valence-corrected chi connectivity index (χ2v) is 4.47. The number of nitrogens with zero attached hydrogens (tertiary/aromatic N) is 2. The lowest BCUT2D eigenvalue weighted by Gasteiger charge is -2.21. The predicted octanol–water partition coefficient (Wildman–Crippen LogP) is 1.60. The molecule has 0 amide bonds. The molecular formula is C12H19N3O. The van der Waals surface area contributed by atoms with E-state index in [2.05, 4.69) is 4.98 Å². The van der Waals surface area contributed by atoms with E-state index in [0.717, 1.165) is 25.0 Å². The molecule has 0 spiro atoms. The van der Waals surface area contributed by atoms with Gasteiger partial charge in [0.05, 0.1) is 0 Å². The van der Waals surface area contributed by atoms with Crippen LogP contribution in [0.5, 0.6) is 0 Å². The molecule has 16 heavy (non-hydrogen) atoms. The molecule has 2 N–H and O–H groups in total. The van der Waals surface area contributed by atoms with Crippen molar-refractivity contribution in [1.82, 2.24) is 9.55 Å². The smallest absolute Gasteiger partial charge is 0.235 e. The SMILES string of the molecule is NCCc1cncn1C(=O)C1CCCCC1. The average Bonchev–Trinajstić information content (AvgIpc) is 2.78. The van der Waals surface area contributed by atoms with Crippen molar-refractivity contribution in [3.8, 4) is 0 Å². The molecule has 0 unspecified atom stereocenters. The fourth-order valence-corrected chi connectivity index (χ4v) is 2.40. The fraction of sp³-hybridized carbons (Fsp3) is 0.667. The summed E-state index contributed by atoms with van der Waals surface area (Å²) in [7, 11) is 0. The van der Waals surface area contributed by atoms with Gasteiger partial charge in [-0.3, -0.25) is 9.36 Å². The molecule has 1 aliphatic rings. The summed E-state index contributed by atoms with van der Waals surface area (Å²) in [6.45, 7) is 0.559. The number of hydrogen-bond donors (Lipinski definition) is 1. The van der Waals surface area contributed by atoms with Gasteiger partial charge in [-0.05, 0) is 19.4 Å². The number of imidazole rings is 1. The van der Waals surface area contributed by atoms with Gasteiger partial charge in [0, 0.05) is 24.2 Å². The molecule has 1 aromatic rings. The Morgan fingerprint density at radius 3 is 2.88 bits per heavy atom. The summed E-state index contributed by atoms with van der Waals surface area (Å²) in [6, 6.07) is 0. The Balaban J connectivity index is 2.09. The van der Waals surface area contributed by atoms with Gasteiger partial charge in [-0.25, -0.2) is 4.98 Å². The van der Waals surface area contributed by atoms with E-state index in [4.69, 9.17) is 5.73 Å². The maximum atomic E-state index is 12.2. The van der Waals surface area contributed by atoms with Crippen molar-refractivity contribution in [2.45, 2.75) is 38.5 Å². The summed E-state index contributed by atoms with van der Waals surface area (Å²) in [6.07, 6.45) is 9.77. The van der Waals surface area contributed by atoms with Gasteiger partial charge in [-0.2, -0.15) is 0 Å². The predicted molar refractivity (Wildman–Crippen MR) is 62.2 cm³/mol. The molecule has 0 saturated heterocycles. The second-order valence-electron chi connectivity index (χ2n) is 4.47. The molecule has 1 fully saturated rings. The first-order valence-corrected chi connectivity index (χ1v) is 6.08. The Bertz CT molecular complexity index is 353. The Morgan fingerprint density at radius 1 is 1.44 bits per heavy atom. The third-order valence-electron chi connectivity index (χ3n) is 3.31. The van der Waals surface area contributed by atoms with E-state index < -0.39 is 0 Å². The van der Waals surface area contributed by atoms with Crippen molar-refractivity contribution in [2.24, 2.45) is 11.7 Å². The molecule has 0 bridgehead atoms. The topological polar surface area (TPSA) is 60.9 Å². The van der Waals surface area contributed by atoms with Crippen LogP contribution in [-0.2, 0) is 6.42 Å². The Labute approximate surface area is 95.9 Å². The van der Waals surface area contributed by atoms with Crippen LogP contribution in [0, 0.1) is 5.92 Å². The highest BCUT2D eigenvalue weighted by molar-refractivity contribution is 5.82. The minimum Gasteiger partial charge on any atom is -0.330 e. The van der Waals surface area contributed by atoms with Crippen molar-refractivity contribution in [3.63, 3.8) is 0 Å². The number of rotatable bonds is 3. The zero-order valence-electron chi connectivity index (χ0n) is 9.56. The number of hydrogen-bond acceptors (Lipinski definition) is 3. The van der Waals surface area contributed by atoms with Gasteiger partial charge >= 0.3 is 0 Å². The molecule has 1 saturated carbocycles. The molecule has 1 aromatic heterocycles. The third kappa shape index (κ3) is 2.32. The molecule has 1 aliphatic carbocycles. The normalized spacial score (nSPS) is 17.6. The van der Waals surface area contributed by atoms with Gasteiger partial charge in [-0.15, -0.1) is 0 Å². The van der Waals surface area contributed by atoms with E-state index >= 15 is 0 Å². The summed E-state index contributed by atoms with van der Waals surface area (Å²) in [4.78, 5) is 16.3. The maximum Gasteiger partial charge on any atom is 0.235 e. The second kappa shape index (κ2) is 5.25. The van der Waals surface area contributed by atoms with E-state index in [1.54, 1.807) is 17.1 Å². The monoisotopic (exact) mass is 221 g/mol. The lowest BCUT2D eigenvalue weighted by Crippen LogP contribution is -2.25. The molecule has 4 nitrogen and oxygen atoms in total. The van der Waals surface area contributed by atoms with Crippen LogP contribution in [0.2, 0.25) is 0 Å². The number of aromatic nitrogens is 2. The first kappa shape index (κ1) is 11.3. The largest absolute Gasteiger partial charge is 0.330 e. The van der Waals surface area contributed by atoms with Crippen molar-refractivity contribution >= 4 is 5.91 Å². The summed E-state index contributed by atoms with van der Waals surface area (Å²) in [5.41, 5.74) is 6.46. The quantitative estimate of drug-likeness (QED) is 0.843. The zero-order chi connectivity index (χ0) is 11.4. The molecule has 0 aliphatic heterocycles. The van der Waals surface area contributed by atoms with Crippen LogP contribution >= 0.6 is 0 Å². The highest BCUT2D eigenvalue weighted by Gasteiger charge is 2.23. The van der Waals surface area contributed by atoms with Gasteiger partial charge in [0.15, 0.2) is 0 Å². The van der Waals surface area contributed by atoms with Crippen molar-refractivity contribution in [3.05, 3.63) is 18.2 Å². The van der Waals surface area contributed by atoms with Gasteiger partial charge in [0.25, 0.3) is 0 Å².